The van der Waals surface area contributed by atoms with E-state index >= 15 is 0 Å². The van der Waals surface area contributed by atoms with Crippen molar-refractivity contribution in [1.29, 1.82) is 0 Å². The fourth-order valence-electron chi connectivity index (χ4n) is 3.06. The van der Waals surface area contributed by atoms with Crippen LogP contribution in [0.2, 0.25) is 0 Å². The number of rotatable bonds is 6. The lowest BCUT2D eigenvalue weighted by Crippen LogP contribution is -2.11. The minimum Gasteiger partial charge on any atom is -0.497 e. The van der Waals surface area contributed by atoms with Crippen LogP contribution in [-0.4, -0.2) is 27.6 Å². The molecule has 4 rings (SSSR count). The van der Waals surface area contributed by atoms with Crippen LogP contribution in [0.25, 0.3) is 22.2 Å². The van der Waals surface area contributed by atoms with Gasteiger partial charge in [0.25, 0.3) is 6.01 Å². The number of hydrogen-bond donors (Lipinski definition) is 2. The lowest BCUT2D eigenvalue weighted by atomic mass is 10.1. The molecule has 0 radical (unpaired) electrons. The summed E-state index contributed by atoms with van der Waals surface area (Å²) in [5.74, 6) is 1.26. The molecule has 1 aromatic heterocycles. The van der Waals surface area contributed by atoms with Crippen molar-refractivity contribution in [2.24, 2.45) is 5.14 Å². The zero-order valence-corrected chi connectivity index (χ0v) is 17.1. The minimum atomic E-state index is -3.75. The Labute approximate surface area is 173 Å². The molecule has 0 aliphatic heterocycles. The highest BCUT2D eigenvalue weighted by atomic mass is 32.2. The van der Waals surface area contributed by atoms with E-state index in [0.717, 1.165) is 11.1 Å². The molecule has 3 N–H and O–H groups in total. The number of aromatic nitrogens is 1. The average molecular weight is 425 g/mol. The molecule has 0 fully saturated rings. The summed E-state index contributed by atoms with van der Waals surface area (Å²) in [6.45, 7) is 0. The van der Waals surface area contributed by atoms with Gasteiger partial charge in [-0.25, -0.2) is 13.6 Å². The van der Waals surface area contributed by atoms with Crippen molar-refractivity contribution in [2.45, 2.75) is 4.90 Å². The van der Waals surface area contributed by atoms with Crippen LogP contribution in [0.5, 0.6) is 11.5 Å². The Morgan fingerprint density at radius 1 is 0.967 bits per heavy atom. The van der Waals surface area contributed by atoms with Gasteiger partial charge in [-0.2, -0.15) is 4.98 Å². The van der Waals surface area contributed by atoms with Crippen LogP contribution in [0.4, 0.5) is 11.7 Å². The Hall–Kier alpha value is -3.56. The topological polar surface area (TPSA) is 117 Å². The van der Waals surface area contributed by atoms with Gasteiger partial charge < -0.3 is 19.2 Å². The van der Waals surface area contributed by atoms with E-state index in [4.69, 9.17) is 19.0 Å². The van der Waals surface area contributed by atoms with Gasteiger partial charge in [-0.3, -0.25) is 0 Å². The van der Waals surface area contributed by atoms with E-state index in [1.54, 1.807) is 44.6 Å². The number of methoxy groups -OCH3 is 2. The average Bonchev–Trinajstić information content (AvgIpc) is 3.15. The highest BCUT2D eigenvalue weighted by Crippen LogP contribution is 2.33. The first kappa shape index (κ1) is 19.7. The SMILES string of the molecule is COc1cc(Nc2nc3cccc(-c4ccc(S(N)(=O)=O)cc4)c3o2)cc(OC)c1. The van der Waals surface area contributed by atoms with E-state index in [2.05, 4.69) is 10.3 Å². The van der Waals surface area contributed by atoms with Crippen LogP contribution in [0, 0.1) is 0 Å². The maximum atomic E-state index is 11.5. The summed E-state index contributed by atoms with van der Waals surface area (Å²) < 4.78 is 39.5. The molecule has 30 heavy (non-hydrogen) atoms. The molecule has 154 valence electrons. The van der Waals surface area contributed by atoms with E-state index in [0.29, 0.717) is 34.3 Å². The number of oxazole rings is 1. The Bertz CT molecular complexity index is 1290. The monoisotopic (exact) mass is 425 g/mol. The van der Waals surface area contributed by atoms with Gasteiger partial charge in [0, 0.05) is 29.4 Å². The van der Waals surface area contributed by atoms with Gasteiger partial charge in [-0.05, 0) is 23.8 Å². The number of nitrogens with zero attached hydrogens (tertiary/aromatic N) is 1. The summed E-state index contributed by atoms with van der Waals surface area (Å²) in [6.07, 6.45) is 0. The molecule has 0 aliphatic rings. The molecule has 1 heterocycles. The second-order valence-corrected chi connectivity index (χ2v) is 8.03. The fraction of sp³-hybridized carbons (Fsp3) is 0.0952. The molecule has 0 atom stereocenters. The van der Waals surface area contributed by atoms with Gasteiger partial charge in [0.1, 0.15) is 17.0 Å². The first-order valence-electron chi connectivity index (χ1n) is 8.90. The normalized spacial score (nSPS) is 11.4. The zero-order valence-electron chi connectivity index (χ0n) is 16.2. The smallest absolute Gasteiger partial charge is 0.300 e. The fourth-order valence-corrected chi connectivity index (χ4v) is 3.57. The summed E-state index contributed by atoms with van der Waals surface area (Å²) in [6, 6.07) is 17.5. The van der Waals surface area contributed by atoms with Crippen molar-refractivity contribution in [1.82, 2.24) is 4.98 Å². The summed E-state index contributed by atoms with van der Waals surface area (Å²) >= 11 is 0. The first-order chi connectivity index (χ1) is 14.4. The quantitative estimate of drug-likeness (QED) is 0.481. The Morgan fingerprint density at radius 3 is 2.23 bits per heavy atom. The molecule has 3 aromatic carbocycles. The predicted molar refractivity (Wildman–Crippen MR) is 114 cm³/mol. The molecule has 0 amide bonds. The highest BCUT2D eigenvalue weighted by Gasteiger charge is 2.14. The molecular weight excluding hydrogens is 406 g/mol. The van der Waals surface area contributed by atoms with E-state index in [1.807, 2.05) is 18.2 Å². The molecule has 9 heteroatoms. The van der Waals surface area contributed by atoms with E-state index in [9.17, 15) is 8.42 Å². The summed E-state index contributed by atoms with van der Waals surface area (Å²) in [5, 5.41) is 8.29. The van der Waals surface area contributed by atoms with Gasteiger partial charge in [0.15, 0.2) is 5.58 Å². The largest absolute Gasteiger partial charge is 0.497 e. The number of nitrogens with two attached hydrogens (primary N) is 1. The van der Waals surface area contributed by atoms with Gasteiger partial charge in [0.2, 0.25) is 10.0 Å². The number of ether oxygens (including phenoxy) is 2. The maximum absolute atomic E-state index is 11.5. The number of para-hydroxylation sites is 1. The third-order valence-corrected chi connectivity index (χ3v) is 5.44. The van der Waals surface area contributed by atoms with Crippen molar-refractivity contribution in [2.75, 3.05) is 19.5 Å². The number of hydrogen-bond acceptors (Lipinski definition) is 7. The van der Waals surface area contributed by atoms with Crippen molar-refractivity contribution in [3.63, 3.8) is 0 Å². The van der Waals surface area contributed by atoms with E-state index < -0.39 is 10.0 Å². The standard InChI is InChI=1S/C21H19N3O5S/c1-27-15-10-14(11-16(12-15)28-2)23-21-24-19-5-3-4-18(20(19)29-21)13-6-8-17(9-7-13)30(22,25)26/h3-12H,1-2H3,(H,23,24)(H2,22,25,26). The Kier molecular flexibility index (Phi) is 5.06. The second-order valence-electron chi connectivity index (χ2n) is 6.47. The van der Waals surface area contributed by atoms with E-state index in [-0.39, 0.29) is 4.90 Å². The minimum absolute atomic E-state index is 0.0466. The van der Waals surface area contributed by atoms with Crippen LogP contribution in [-0.2, 0) is 10.0 Å². The van der Waals surface area contributed by atoms with Crippen LogP contribution in [0.15, 0.2) is 70.0 Å². The van der Waals surface area contributed by atoms with E-state index in [1.165, 1.54) is 12.1 Å². The molecule has 8 nitrogen and oxygen atoms in total. The third kappa shape index (κ3) is 3.93. The number of primary sulfonamides is 1. The Balaban J connectivity index is 1.71. The van der Waals surface area contributed by atoms with Crippen LogP contribution in [0.1, 0.15) is 0 Å². The molecule has 0 bridgehead atoms. The number of sulfonamides is 1. The van der Waals surface area contributed by atoms with Gasteiger partial charge in [-0.15, -0.1) is 0 Å². The summed E-state index contributed by atoms with van der Waals surface area (Å²) in [7, 11) is -0.603. The van der Waals surface area contributed by atoms with Crippen molar-refractivity contribution < 1.29 is 22.3 Å². The molecule has 0 saturated carbocycles. The molecule has 0 aliphatic carbocycles. The van der Waals surface area contributed by atoms with Gasteiger partial charge >= 0.3 is 0 Å². The van der Waals surface area contributed by atoms with Gasteiger partial charge in [0.05, 0.1) is 19.1 Å². The molecule has 0 unspecified atom stereocenters. The van der Waals surface area contributed by atoms with Crippen LogP contribution in [0.3, 0.4) is 0 Å². The number of anilines is 2. The van der Waals surface area contributed by atoms with Crippen LogP contribution >= 0.6 is 0 Å². The predicted octanol–water partition coefficient (Wildman–Crippen LogP) is 3.90. The molecule has 0 saturated heterocycles. The van der Waals surface area contributed by atoms with Crippen LogP contribution < -0.4 is 19.9 Å². The first-order valence-corrected chi connectivity index (χ1v) is 10.4. The third-order valence-electron chi connectivity index (χ3n) is 4.51. The summed E-state index contributed by atoms with van der Waals surface area (Å²) in [4.78, 5) is 4.53. The lowest BCUT2D eigenvalue weighted by Gasteiger charge is -2.08. The molecule has 4 aromatic rings. The van der Waals surface area contributed by atoms with Crippen molar-refractivity contribution in [3.8, 4) is 22.6 Å². The number of nitrogens with one attached hydrogen (secondary N) is 1. The maximum Gasteiger partial charge on any atom is 0.300 e. The zero-order chi connectivity index (χ0) is 21.3. The van der Waals surface area contributed by atoms with Gasteiger partial charge in [-0.1, -0.05) is 24.3 Å². The Morgan fingerprint density at radius 2 is 1.63 bits per heavy atom. The molecule has 0 spiro atoms. The number of fused-ring (bicyclic) bond motifs is 1. The van der Waals surface area contributed by atoms with Crippen molar-refractivity contribution in [3.05, 3.63) is 60.7 Å². The highest BCUT2D eigenvalue weighted by molar-refractivity contribution is 7.89. The lowest BCUT2D eigenvalue weighted by molar-refractivity contribution is 0.394. The summed E-state index contributed by atoms with van der Waals surface area (Å²) in [5.41, 5.74) is 3.46. The molecular formula is C21H19N3O5S. The number of benzene rings is 3. The second kappa shape index (κ2) is 7.69. The van der Waals surface area contributed by atoms with Crippen molar-refractivity contribution >= 4 is 32.8 Å².